The maximum atomic E-state index is 12.0. The van der Waals surface area contributed by atoms with Gasteiger partial charge in [0, 0.05) is 11.3 Å². The van der Waals surface area contributed by atoms with Gasteiger partial charge in [-0.05, 0) is 31.2 Å². The van der Waals surface area contributed by atoms with Gasteiger partial charge in [0.25, 0.3) is 15.9 Å². The third-order valence-electron chi connectivity index (χ3n) is 3.97. The molecule has 9 heteroatoms. The van der Waals surface area contributed by atoms with Gasteiger partial charge in [0.1, 0.15) is 5.84 Å². The van der Waals surface area contributed by atoms with E-state index in [9.17, 15) is 18.0 Å². The summed E-state index contributed by atoms with van der Waals surface area (Å²) < 4.78 is 31.5. The Morgan fingerprint density at radius 2 is 1.79 bits per heavy atom. The van der Waals surface area contributed by atoms with Crippen molar-refractivity contribution in [3.05, 3.63) is 60.2 Å². The Morgan fingerprint density at radius 3 is 2.54 bits per heavy atom. The molecule has 0 aromatic heterocycles. The fourth-order valence-electron chi connectivity index (χ4n) is 2.59. The van der Waals surface area contributed by atoms with E-state index in [-0.39, 0.29) is 23.7 Å². The highest BCUT2D eigenvalue weighted by atomic mass is 32.2. The van der Waals surface area contributed by atoms with Crippen molar-refractivity contribution in [1.82, 2.24) is 4.72 Å². The van der Waals surface area contributed by atoms with Gasteiger partial charge in [-0.15, -0.1) is 0 Å². The number of nitrogens with one attached hydrogen (secondary N) is 2. The molecule has 1 amide bonds. The number of rotatable bonds is 6. The molecule has 1 heterocycles. The number of amides is 1. The van der Waals surface area contributed by atoms with Gasteiger partial charge in [0.2, 0.25) is 0 Å². The molecule has 146 valence electrons. The summed E-state index contributed by atoms with van der Waals surface area (Å²) in [5, 5.41) is 2.65. The van der Waals surface area contributed by atoms with Gasteiger partial charge < -0.3 is 10.1 Å². The zero-order valence-corrected chi connectivity index (χ0v) is 15.9. The lowest BCUT2D eigenvalue weighted by Crippen LogP contribution is -2.30. The topological polar surface area (TPSA) is 114 Å². The molecular formula is C19H19N3O5S. The average molecular weight is 401 g/mol. The molecule has 0 spiro atoms. The smallest absolute Gasteiger partial charge is 0.308 e. The van der Waals surface area contributed by atoms with Crippen LogP contribution in [-0.4, -0.2) is 38.8 Å². The van der Waals surface area contributed by atoms with E-state index in [1.54, 1.807) is 42.5 Å². The molecule has 28 heavy (non-hydrogen) atoms. The van der Waals surface area contributed by atoms with E-state index in [2.05, 4.69) is 15.0 Å². The predicted molar refractivity (Wildman–Crippen MR) is 103 cm³/mol. The Morgan fingerprint density at radius 1 is 1.11 bits per heavy atom. The van der Waals surface area contributed by atoms with Crippen LogP contribution in [0.1, 0.15) is 18.9 Å². The Balaban J connectivity index is 1.52. The van der Waals surface area contributed by atoms with Crippen LogP contribution in [0.2, 0.25) is 0 Å². The molecule has 1 aliphatic heterocycles. The lowest BCUT2D eigenvalue weighted by atomic mass is 10.2. The van der Waals surface area contributed by atoms with Crippen LogP contribution in [-0.2, 0) is 24.3 Å². The molecular weight excluding hydrogens is 382 g/mol. The Kier molecular flexibility index (Phi) is 5.74. The largest absolute Gasteiger partial charge is 0.452 e. The standard InChI is InChI=1S/C19H19N3O5S/c1-13(19(24)21-14-7-3-2-4-8-14)27-17(23)11-12-20-18-15-9-5-6-10-16(15)28(25,26)22-18/h2-10,13H,11-12H2,1H3,(H,20,22)(H,21,24)/t13-/m0/s1. The second-order valence-electron chi connectivity index (χ2n) is 6.07. The molecule has 0 aliphatic carbocycles. The molecule has 0 saturated heterocycles. The molecule has 2 aromatic carbocycles. The summed E-state index contributed by atoms with van der Waals surface area (Å²) >= 11 is 0. The Labute approximate surface area is 162 Å². The van der Waals surface area contributed by atoms with E-state index in [4.69, 9.17) is 4.74 Å². The van der Waals surface area contributed by atoms with Gasteiger partial charge in [0.15, 0.2) is 6.10 Å². The number of hydrogen-bond acceptors (Lipinski definition) is 6. The molecule has 0 radical (unpaired) electrons. The minimum absolute atomic E-state index is 0.0258. The van der Waals surface area contributed by atoms with Crippen LogP contribution in [0.25, 0.3) is 0 Å². The lowest BCUT2D eigenvalue weighted by Gasteiger charge is -2.13. The third-order valence-corrected chi connectivity index (χ3v) is 5.36. The molecule has 1 aliphatic rings. The molecule has 2 N–H and O–H groups in total. The van der Waals surface area contributed by atoms with Gasteiger partial charge in [-0.3, -0.25) is 19.3 Å². The first-order valence-electron chi connectivity index (χ1n) is 8.59. The summed E-state index contributed by atoms with van der Waals surface area (Å²) in [4.78, 5) is 28.3. The van der Waals surface area contributed by atoms with Crippen molar-refractivity contribution < 1.29 is 22.7 Å². The van der Waals surface area contributed by atoms with Crippen molar-refractivity contribution in [3.63, 3.8) is 0 Å². The summed E-state index contributed by atoms with van der Waals surface area (Å²) in [5.41, 5.74) is 1.07. The number of benzene rings is 2. The molecule has 0 bridgehead atoms. The van der Waals surface area contributed by atoms with E-state index in [1.165, 1.54) is 13.0 Å². The first-order chi connectivity index (χ1) is 13.4. The first kappa shape index (κ1) is 19.6. The van der Waals surface area contributed by atoms with E-state index in [0.29, 0.717) is 11.3 Å². The Bertz CT molecular complexity index is 1020. The maximum absolute atomic E-state index is 12.0. The molecule has 8 nitrogen and oxygen atoms in total. The number of carbonyl (C=O) groups is 2. The summed E-state index contributed by atoms with van der Waals surface area (Å²) in [6, 6.07) is 15.3. The molecule has 0 unspecified atom stereocenters. The molecule has 3 rings (SSSR count). The quantitative estimate of drug-likeness (QED) is 0.715. The summed E-state index contributed by atoms with van der Waals surface area (Å²) in [6.07, 6.45) is -1.05. The zero-order valence-electron chi connectivity index (χ0n) is 15.1. The average Bonchev–Trinajstić information content (AvgIpc) is 2.93. The number of ether oxygens (including phenoxy) is 1. The SMILES string of the molecule is C[C@H](OC(=O)CCN=C1NS(=O)(=O)c2ccccc21)C(=O)Nc1ccccc1. The van der Waals surface area contributed by atoms with E-state index in [1.807, 2.05) is 6.07 Å². The van der Waals surface area contributed by atoms with Crippen molar-refractivity contribution in [3.8, 4) is 0 Å². The molecule has 2 aromatic rings. The Hall–Kier alpha value is -3.20. The van der Waals surface area contributed by atoms with Crippen LogP contribution in [0.15, 0.2) is 64.5 Å². The number of carbonyl (C=O) groups excluding carboxylic acids is 2. The summed E-state index contributed by atoms with van der Waals surface area (Å²) in [5.74, 6) is -0.851. The van der Waals surface area contributed by atoms with Gasteiger partial charge in [0.05, 0.1) is 17.9 Å². The van der Waals surface area contributed by atoms with Gasteiger partial charge >= 0.3 is 5.97 Å². The minimum atomic E-state index is -3.62. The fraction of sp³-hybridized carbons (Fsp3) is 0.211. The van der Waals surface area contributed by atoms with Crippen LogP contribution in [0, 0.1) is 0 Å². The zero-order chi connectivity index (χ0) is 20.1. The van der Waals surface area contributed by atoms with Crippen LogP contribution >= 0.6 is 0 Å². The van der Waals surface area contributed by atoms with E-state index >= 15 is 0 Å². The van der Waals surface area contributed by atoms with Crippen molar-refractivity contribution in [2.75, 3.05) is 11.9 Å². The predicted octanol–water partition coefficient (Wildman–Crippen LogP) is 1.69. The number of hydrogen-bond donors (Lipinski definition) is 2. The number of anilines is 1. The van der Waals surface area contributed by atoms with E-state index in [0.717, 1.165) is 0 Å². The molecule has 1 atom stereocenters. The number of aliphatic imine (C=N–C) groups is 1. The number of fused-ring (bicyclic) bond motifs is 1. The minimum Gasteiger partial charge on any atom is -0.452 e. The highest BCUT2D eigenvalue weighted by Gasteiger charge is 2.30. The highest BCUT2D eigenvalue weighted by Crippen LogP contribution is 2.22. The van der Waals surface area contributed by atoms with Crippen molar-refractivity contribution >= 4 is 33.4 Å². The second-order valence-corrected chi connectivity index (χ2v) is 7.72. The van der Waals surface area contributed by atoms with Gasteiger partial charge in [-0.1, -0.05) is 30.3 Å². The molecule has 0 fully saturated rings. The van der Waals surface area contributed by atoms with Crippen LogP contribution < -0.4 is 10.0 Å². The summed E-state index contributed by atoms with van der Waals surface area (Å²) in [6.45, 7) is 1.50. The van der Waals surface area contributed by atoms with Crippen molar-refractivity contribution in [1.29, 1.82) is 0 Å². The lowest BCUT2D eigenvalue weighted by molar-refractivity contribution is -0.152. The normalized spacial score (nSPS) is 16.7. The number of esters is 1. The number of amidine groups is 1. The number of nitrogens with zero attached hydrogens (tertiary/aromatic N) is 1. The first-order valence-corrected chi connectivity index (χ1v) is 10.1. The molecule has 0 saturated carbocycles. The monoisotopic (exact) mass is 401 g/mol. The van der Waals surface area contributed by atoms with Crippen LogP contribution in [0.4, 0.5) is 5.69 Å². The summed E-state index contributed by atoms with van der Waals surface area (Å²) in [7, 11) is -3.62. The van der Waals surface area contributed by atoms with Crippen molar-refractivity contribution in [2.45, 2.75) is 24.3 Å². The third kappa shape index (κ3) is 4.55. The van der Waals surface area contributed by atoms with Crippen LogP contribution in [0.5, 0.6) is 0 Å². The second kappa shape index (κ2) is 8.22. The van der Waals surface area contributed by atoms with Gasteiger partial charge in [-0.2, -0.15) is 0 Å². The van der Waals surface area contributed by atoms with Gasteiger partial charge in [-0.25, -0.2) is 8.42 Å². The number of para-hydroxylation sites is 1. The van der Waals surface area contributed by atoms with Crippen LogP contribution in [0.3, 0.4) is 0 Å². The number of sulfonamides is 1. The fourth-order valence-corrected chi connectivity index (χ4v) is 3.84. The highest BCUT2D eigenvalue weighted by molar-refractivity contribution is 7.90. The van der Waals surface area contributed by atoms with E-state index < -0.39 is 28.0 Å². The maximum Gasteiger partial charge on any atom is 0.308 e. The van der Waals surface area contributed by atoms with Crippen molar-refractivity contribution in [2.24, 2.45) is 4.99 Å².